The Morgan fingerprint density at radius 3 is 2.10 bits per heavy atom. The van der Waals surface area contributed by atoms with E-state index >= 15 is 0 Å². The van der Waals surface area contributed by atoms with Crippen LogP contribution >= 0.6 is 11.6 Å². The monoisotopic (exact) mass is 404 g/mol. The second-order valence-electron chi connectivity index (χ2n) is 7.21. The number of benzene rings is 3. The lowest BCUT2D eigenvalue weighted by molar-refractivity contribution is -0.122. The summed E-state index contributed by atoms with van der Waals surface area (Å²) in [4.78, 5) is 25.6. The Balaban J connectivity index is 1.63. The molecule has 29 heavy (non-hydrogen) atoms. The van der Waals surface area contributed by atoms with Crippen LogP contribution in [0, 0.1) is 0 Å². The molecule has 1 aromatic heterocycles. The van der Waals surface area contributed by atoms with Crippen molar-refractivity contribution in [1.29, 1.82) is 0 Å². The highest BCUT2D eigenvalue weighted by Crippen LogP contribution is 2.19. The Bertz CT molecular complexity index is 1200. The van der Waals surface area contributed by atoms with Crippen LogP contribution in [0.4, 0.5) is 0 Å². The van der Waals surface area contributed by atoms with Gasteiger partial charge in [-0.3, -0.25) is 9.59 Å². The number of pyridine rings is 1. The number of nitrogens with zero attached hydrogens (tertiary/aromatic N) is 1. The summed E-state index contributed by atoms with van der Waals surface area (Å²) in [5.74, 6) is -0.108. The van der Waals surface area contributed by atoms with Gasteiger partial charge < -0.3 is 9.88 Å². The van der Waals surface area contributed by atoms with E-state index in [2.05, 4.69) is 5.32 Å². The smallest absolute Gasteiger partial charge is 0.240 e. The van der Waals surface area contributed by atoms with Gasteiger partial charge in [0.1, 0.15) is 6.54 Å². The van der Waals surface area contributed by atoms with Crippen molar-refractivity contribution in [3.8, 4) is 0 Å². The molecule has 1 heterocycles. The average molecular weight is 405 g/mol. The summed E-state index contributed by atoms with van der Waals surface area (Å²) in [7, 11) is 0. The van der Waals surface area contributed by atoms with Crippen molar-refractivity contribution in [2.24, 2.45) is 0 Å². The normalized spacial score (nSPS) is 12.2. The predicted molar refractivity (Wildman–Crippen MR) is 118 cm³/mol. The van der Waals surface area contributed by atoms with E-state index < -0.39 is 0 Å². The topological polar surface area (TPSA) is 51.1 Å². The molecule has 0 fully saturated rings. The van der Waals surface area contributed by atoms with Gasteiger partial charge in [0.05, 0.1) is 11.0 Å². The zero-order chi connectivity index (χ0) is 20.4. The molecule has 0 saturated heterocycles. The molecular formula is C24H21ClN2O2. The minimum Gasteiger partial charge on any atom is -0.352 e. The van der Waals surface area contributed by atoms with Gasteiger partial charge in [0.15, 0.2) is 5.43 Å². The van der Waals surface area contributed by atoms with Crippen LogP contribution in [-0.4, -0.2) is 16.5 Å². The van der Waals surface area contributed by atoms with Crippen LogP contribution in [0.25, 0.3) is 21.8 Å². The van der Waals surface area contributed by atoms with Gasteiger partial charge in [-0.1, -0.05) is 54.1 Å². The highest BCUT2D eigenvalue weighted by Gasteiger charge is 2.15. The fourth-order valence-electron chi connectivity index (χ4n) is 3.76. The van der Waals surface area contributed by atoms with E-state index in [0.717, 1.165) is 16.6 Å². The minimum absolute atomic E-state index is 0.0139. The van der Waals surface area contributed by atoms with Gasteiger partial charge in [-0.15, -0.1) is 0 Å². The van der Waals surface area contributed by atoms with Crippen molar-refractivity contribution < 1.29 is 4.79 Å². The molecule has 5 heteroatoms. The molecule has 1 amide bonds. The Morgan fingerprint density at radius 1 is 0.931 bits per heavy atom. The van der Waals surface area contributed by atoms with Gasteiger partial charge in [-0.2, -0.15) is 0 Å². The number of carbonyl (C=O) groups is 1. The van der Waals surface area contributed by atoms with Crippen LogP contribution in [0.3, 0.4) is 0 Å². The second-order valence-corrected chi connectivity index (χ2v) is 7.62. The molecule has 146 valence electrons. The Morgan fingerprint density at radius 2 is 1.48 bits per heavy atom. The van der Waals surface area contributed by atoms with E-state index in [1.807, 2.05) is 72.2 Å². The molecule has 4 rings (SSSR count). The van der Waals surface area contributed by atoms with Crippen molar-refractivity contribution in [3.63, 3.8) is 0 Å². The highest BCUT2D eigenvalue weighted by molar-refractivity contribution is 6.31. The van der Waals surface area contributed by atoms with Crippen LogP contribution in [0.1, 0.15) is 12.5 Å². The van der Waals surface area contributed by atoms with Crippen LogP contribution < -0.4 is 10.7 Å². The van der Waals surface area contributed by atoms with Crippen LogP contribution in [0.2, 0.25) is 5.02 Å². The van der Waals surface area contributed by atoms with Gasteiger partial charge in [-0.05, 0) is 49.2 Å². The maximum atomic E-state index is 12.8. The standard InChI is InChI=1S/C24H21ClN2O2/c1-16(14-17-8-2-5-11-20(17)25)26-23(28)15-27-21-12-6-3-9-18(21)24(29)19-10-4-7-13-22(19)27/h2-13,16H,14-15H2,1H3,(H,26,28)/t16-/m1/s1. The summed E-state index contributed by atoms with van der Waals surface area (Å²) in [6.07, 6.45) is 0.650. The quantitative estimate of drug-likeness (QED) is 0.496. The van der Waals surface area contributed by atoms with Gasteiger partial charge >= 0.3 is 0 Å². The van der Waals surface area contributed by atoms with Gasteiger partial charge in [0.25, 0.3) is 0 Å². The Labute approximate surface area is 173 Å². The Kier molecular flexibility index (Phi) is 5.36. The summed E-state index contributed by atoms with van der Waals surface area (Å²) in [5, 5.41) is 4.98. The summed E-state index contributed by atoms with van der Waals surface area (Å²) < 4.78 is 1.91. The third kappa shape index (κ3) is 3.89. The van der Waals surface area contributed by atoms with Crippen molar-refractivity contribution >= 4 is 39.3 Å². The Hall–Kier alpha value is -3.11. The molecule has 0 bridgehead atoms. The lowest BCUT2D eigenvalue weighted by atomic mass is 10.1. The van der Waals surface area contributed by atoms with E-state index in [1.165, 1.54) is 0 Å². The SMILES string of the molecule is C[C@H](Cc1ccccc1Cl)NC(=O)Cn1c2ccccc2c(=O)c2ccccc21. The first-order valence-corrected chi connectivity index (χ1v) is 9.95. The molecule has 4 nitrogen and oxygen atoms in total. The van der Waals surface area contributed by atoms with E-state index in [0.29, 0.717) is 22.2 Å². The van der Waals surface area contributed by atoms with E-state index in [-0.39, 0.29) is 23.9 Å². The molecule has 0 saturated carbocycles. The van der Waals surface area contributed by atoms with Crippen LogP contribution in [0.5, 0.6) is 0 Å². The summed E-state index contributed by atoms with van der Waals surface area (Å²) in [5.41, 5.74) is 2.50. The number of carbonyl (C=O) groups excluding carboxylic acids is 1. The fourth-order valence-corrected chi connectivity index (χ4v) is 3.97. The number of para-hydroxylation sites is 2. The number of fused-ring (bicyclic) bond motifs is 2. The number of aromatic nitrogens is 1. The first-order valence-electron chi connectivity index (χ1n) is 9.57. The molecule has 0 aliphatic carbocycles. The number of rotatable bonds is 5. The lowest BCUT2D eigenvalue weighted by Gasteiger charge is -2.18. The first-order chi connectivity index (χ1) is 14.0. The van der Waals surface area contributed by atoms with E-state index in [9.17, 15) is 9.59 Å². The largest absolute Gasteiger partial charge is 0.352 e. The molecular weight excluding hydrogens is 384 g/mol. The van der Waals surface area contributed by atoms with E-state index in [1.54, 1.807) is 12.1 Å². The van der Waals surface area contributed by atoms with Gasteiger partial charge in [0.2, 0.25) is 5.91 Å². The molecule has 0 radical (unpaired) electrons. The molecule has 4 aromatic rings. The van der Waals surface area contributed by atoms with Crippen molar-refractivity contribution in [1.82, 2.24) is 9.88 Å². The van der Waals surface area contributed by atoms with Crippen molar-refractivity contribution in [3.05, 3.63) is 93.6 Å². The number of hydrogen-bond donors (Lipinski definition) is 1. The second kappa shape index (κ2) is 8.10. The van der Waals surface area contributed by atoms with Crippen molar-refractivity contribution in [2.45, 2.75) is 25.9 Å². The molecule has 0 aliphatic rings. The molecule has 1 atom stereocenters. The molecule has 0 spiro atoms. The lowest BCUT2D eigenvalue weighted by Crippen LogP contribution is -2.36. The van der Waals surface area contributed by atoms with E-state index in [4.69, 9.17) is 11.6 Å². The third-order valence-corrected chi connectivity index (χ3v) is 5.44. The molecule has 1 N–H and O–H groups in total. The highest BCUT2D eigenvalue weighted by atomic mass is 35.5. The number of hydrogen-bond acceptors (Lipinski definition) is 2. The number of nitrogens with one attached hydrogen (secondary N) is 1. The van der Waals surface area contributed by atoms with Crippen molar-refractivity contribution in [2.75, 3.05) is 0 Å². The van der Waals surface area contributed by atoms with Gasteiger partial charge in [0, 0.05) is 21.8 Å². The number of halogens is 1. The molecule has 0 aliphatic heterocycles. The molecule has 3 aromatic carbocycles. The van der Waals surface area contributed by atoms with Crippen LogP contribution in [0.15, 0.2) is 77.6 Å². The summed E-state index contributed by atoms with van der Waals surface area (Å²) >= 11 is 6.23. The predicted octanol–water partition coefficient (Wildman–Crippen LogP) is 4.56. The minimum atomic E-state index is -0.108. The van der Waals surface area contributed by atoms with Crippen LogP contribution in [-0.2, 0) is 17.8 Å². The summed E-state index contributed by atoms with van der Waals surface area (Å²) in [6.45, 7) is 2.09. The first kappa shape index (κ1) is 19.2. The number of amides is 1. The fraction of sp³-hybridized carbons (Fsp3) is 0.167. The van der Waals surface area contributed by atoms with Gasteiger partial charge in [-0.25, -0.2) is 0 Å². The third-order valence-electron chi connectivity index (χ3n) is 5.07. The summed E-state index contributed by atoms with van der Waals surface area (Å²) in [6, 6.07) is 22.4. The maximum Gasteiger partial charge on any atom is 0.240 e. The average Bonchev–Trinajstić information content (AvgIpc) is 2.73. The molecule has 0 unspecified atom stereocenters. The zero-order valence-corrected chi connectivity index (χ0v) is 16.8. The maximum absolute atomic E-state index is 12.8. The zero-order valence-electron chi connectivity index (χ0n) is 16.1.